The molecule has 3 nitrogen and oxygen atoms in total. The van der Waals surface area contributed by atoms with Crippen molar-refractivity contribution in [3.8, 4) is 5.75 Å². The summed E-state index contributed by atoms with van der Waals surface area (Å²) in [4.78, 5) is 0. The molecule has 1 atom stereocenters. The molecule has 2 N–H and O–H groups in total. The van der Waals surface area contributed by atoms with Gasteiger partial charge in [-0.15, -0.1) is 23.7 Å². The van der Waals surface area contributed by atoms with Gasteiger partial charge in [0, 0.05) is 28.6 Å². The summed E-state index contributed by atoms with van der Waals surface area (Å²) in [5.74, 6) is -0.637. The summed E-state index contributed by atoms with van der Waals surface area (Å²) in [7, 11) is 1.87. The van der Waals surface area contributed by atoms with Crippen molar-refractivity contribution >= 4 is 33.8 Å². The van der Waals surface area contributed by atoms with Gasteiger partial charge in [0.25, 0.3) is 0 Å². The van der Waals surface area contributed by atoms with Crippen LogP contribution in [0.3, 0.4) is 0 Å². The minimum Gasteiger partial charge on any atom is -0.457 e. The minimum atomic E-state index is -1.35. The van der Waals surface area contributed by atoms with Crippen molar-refractivity contribution in [3.05, 3.63) is 65.5 Å². The third-order valence-corrected chi connectivity index (χ3v) is 4.56. The van der Waals surface area contributed by atoms with E-state index < -0.39 is 5.79 Å². The van der Waals surface area contributed by atoms with Crippen LogP contribution >= 0.6 is 23.7 Å². The van der Waals surface area contributed by atoms with Crippen molar-refractivity contribution in [2.24, 2.45) is 0 Å². The Morgan fingerprint density at radius 3 is 2.61 bits per heavy atom. The van der Waals surface area contributed by atoms with E-state index in [1.165, 1.54) is 0 Å². The summed E-state index contributed by atoms with van der Waals surface area (Å²) >= 11 is 1.67. The summed E-state index contributed by atoms with van der Waals surface area (Å²) in [5.41, 5.74) is 0.762. The largest absolute Gasteiger partial charge is 0.457 e. The summed E-state index contributed by atoms with van der Waals surface area (Å²) in [5, 5.41) is 17.2. The summed E-state index contributed by atoms with van der Waals surface area (Å²) in [6, 6.07) is 17.5. The highest BCUT2D eigenvalue weighted by molar-refractivity contribution is 7.17. The fourth-order valence-electron chi connectivity index (χ4n) is 2.48. The lowest BCUT2D eigenvalue weighted by atomic mass is 10.0. The first kappa shape index (κ1) is 17.8. The topological polar surface area (TPSA) is 41.5 Å². The van der Waals surface area contributed by atoms with Gasteiger partial charge in [-0.25, -0.2) is 0 Å². The molecule has 0 saturated heterocycles. The molecule has 0 radical (unpaired) electrons. The van der Waals surface area contributed by atoms with Crippen molar-refractivity contribution in [1.82, 2.24) is 5.32 Å². The number of ether oxygens (including phenoxy) is 1. The Morgan fingerprint density at radius 1 is 1.09 bits per heavy atom. The molecule has 0 unspecified atom stereocenters. The van der Waals surface area contributed by atoms with Gasteiger partial charge < -0.3 is 15.2 Å². The molecule has 0 spiro atoms. The van der Waals surface area contributed by atoms with Crippen LogP contribution < -0.4 is 10.1 Å². The normalized spacial score (nSPS) is 13.3. The number of hydrogen-bond acceptors (Lipinski definition) is 4. The van der Waals surface area contributed by atoms with Crippen molar-refractivity contribution < 1.29 is 9.84 Å². The minimum absolute atomic E-state index is 0. The van der Waals surface area contributed by atoms with Crippen LogP contribution in [0.5, 0.6) is 5.75 Å². The number of hydrogen-bond donors (Lipinski definition) is 2. The second kappa shape index (κ2) is 7.79. The van der Waals surface area contributed by atoms with Gasteiger partial charge in [0.05, 0.1) is 0 Å². The maximum atomic E-state index is 11.1. The second-order valence-corrected chi connectivity index (χ2v) is 6.14. The lowest BCUT2D eigenvalue weighted by molar-refractivity contribution is -0.149. The van der Waals surface area contributed by atoms with Crippen LogP contribution in [0, 0.1) is 0 Å². The molecule has 0 aliphatic carbocycles. The quantitative estimate of drug-likeness (QED) is 0.657. The smallest absolute Gasteiger partial charge is 0.236 e. The van der Waals surface area contributed by atoms with E-state index in [1.54, 1.807) is 11.3 Å². The van der Waals surface area contributed by atoms with E-state index in [0.29, 0.717) is 18.7 Å². The Morgan fingerprint density at radius 2 is 1.87 bits per heavy atom. The molecule has 1 aromatic heterocycles. The van der Waals surface area contributed by atoms with Crippen molar-refractivity contribution in [1.29, 1.82) is 0 Å². The molecular formula is C18H20ClNO2S. The van der Waals surface area contributed by atoms with E-state index in [0.717, 1.165) is 15.6 Å². The monoisotopic (exact) mass is 349 g/mol. The maximum absolute atomic E-state index is 11.1. The molecule has 0 aliphatic rings. The van der Waals surface area contributed by atoms with E-state index in [-0.39, 0.29) is 12.4 Å². The Labute approximate surface area is 146 Å². The zero-order valence-electron chi connectivity index (χ0n) is 12.9. The maximum Gasteiger partial charge on any atom is 0.236 e. The Hall–Kier alpha value is -1.59. The van der Waals surface area contributed by atoms with Gasteiger partial charge in [0.2, 0.25) is 5.79 Å². The molecule has 0 aliphatic heterocycles. The third-order valence-electron chi connectivity index (χ3n) is 3.67. The fourth-order valence-corrected chi connectivity index (χ4v) is 3.29. The molecule has 3 aromatic rings. The molecule has 1 heterocycles. The van der Waals surface area contributed by atoms with Crippen molar-refractivity contribution in [2.75, 3.05) is 13.6 Å². The lowest BCUT2D eigenvalue weighted by Crippen LogP contribution is -2.36. The molecule has 5 heteroatoms. The van der Waals surface area contributed by atoms with Gasteiger partial charge in [-0.05, 0) is 30.6 Å². The standard InChI is InChI=1S/C18H19NO2S.ClH/c1-19-12-11-18(20,14-6-3-2-4-7-14)21-16-8-5-9-17-15(16)10-13-22-17;/h2-10,13,19-20H,11-12H2,1H3;1H/t18-;/m1./s1. The molecule has 122 valence electrons. The van der Waals surface area contributed by atoms with Gasteiger partial charge in [-0.3, -0.25) is 0 Å². The van der Waals surface area contributed by atoms with E-state index in [4.69, 9.17) is 4.74 Å². The van der Waals surface area contributed by atoms with E-state index >= 15 is 0 Å². The van der Waals surface area contributed by atoms with E-state index in [2.05, 4.69) is 11.4 Å². The third kappa shape index (κ3) is 3.85. The highest BCUT2D eigenvalue weighted by atomic mass is 35.5. The number of rotatable bonds is 6. The fraction of sp³-hybridized carbons (Fsp3) is 0.222. The van der Waals surface area contributed by atoms with Gasteiger partial charge in [0.15, 0.2) is 0 Å². The first-order chi connectivity index (χ1) is 10.7. The molecule has 23 heavy (non-hydrogen) atoms. The predicted molar refractivity (Wildman–Crippen MR) is 98.6 cm³/mol. The number of halogens is 1. The van der Waals surface area contributed by atoms with Crippen LogP contribution in [0.4, 0.5) is 0 Å². The molecule has 0 bridgehead atoms. The zero-order valence-corrected chi connectivity index (χ0v) is 14.5. The van der Waals surface area contributed by atoms with Crippen LogP contribution in [0.25, 0.3) is 10.1 Å². The Kier molecular flexibility index (Phi) is 6.02. The first-order valence-electron chi connectivity index (χ1n) is 7.31. The van der Waals surface area contributed by atoms with Gasteiger partial charge in [0.1, 0.15) is 5.75 Å². The van der Waals surface area contributed by atoms with Crippen molar-refractivity contribution in [3.63, 3.8) is 0 Å². The van der Waals surface area contributed by atoms with Crippen LogP contribution in [0.15, 0.2) is 60.0 Å². The Balaban J connectivity index is 0.00000192. The van der Waals surface area contributed by atoms with E-state index in [9.17, 15) is 5.11 Å². The first-order valence-corrected chi connectivity index (χ1v) is 8.19. The zero-order chi connectivity index (χ0) is 15.4. The Bertz CT molecular complexity index is 747. The number of fused-ring (bicyclic) bond motifs is 1. The molecular weight excluding hydrogens is 330 g/mol. The van der Waals surface area contributed by atoms with Gasteiger partial charge in [-0.1, -0.05) is 36.4 Å². The highest BCUT2D eigenvalue weighted by Crippen LogP contribution is 2.35. The second-order valence-electron chi connectivity index (χ2n) is 5.19. The SMILES string of the molecule is CNCC[C@@](O)(Oc1cccc2sccc12)c1ccccc1.Cl. The molecule has 3 rings (SSSR count). The molecule has 0 fully saturated rings. The van der Waals surface area contributed by atoms with Crippen molar-refractivity contribution in [2.45, 2.75) is 12.2 Å². The summed E-state index contributed by atoms with van der Waals surface area (Å²) < 4.78 is 7.24. The number of nitrogens with one attached hydrogen (secondary N) is 1. The summed E-state index contributed by atoms with van der Waals surface area (Å²) in [6.07, 6.45) is 0.466. The number of benzene rings is 2. The lowest BCUT2D eigenvalue weighted by Gasteiger charge is -2.30. The predicted octanol–water partition coefficient (Wildman–Crippen LogP) is 4.16. The van der Waals surface area contributed by atoms with Gasteiger partial charge >= 0.3 is 0 Å². The number of thiophene rings is 1. The van der Waals surface area contributed by atoms with E-state index in [1.807, 2.05) is 61.0 Å². The molecule has 0 saturated carbocycles. The average molecular weight is 350 g/mol. The van der Waals surface area contributed by atoms with Crippen LogP contribution in [-0.2, 0) is 5.79 Å². The summed E-state index contributed by atoms with van der Waals surface area (Å²) in [6.45, 7) is 0.658. The van der Waals surface area contributed by atoms with Crippen LogP contribution in [0.2, 0.25) is 0 Å². The number of aliphatic hydroxyl groups is 1. The van der Waals surface area contributed by atoms with Crippen LogP contribution in [0.1, 0.15) is 12.0 Å². The van der Waals surface area contributed by atoms with Crippen LogP contribution in [-0.4, -0.2) is 18.7 Å². The average Bonchev–Trinajstić information content (AvgIpc) is 3.04. The molecule has 2 aromatic carbocycles. The highest BCUT2D eigenvalue weighted by Gasteiger charge is 2.31. The molecule has 0 amide bonds. The van der Waals surface area contributed by atoms with Gasteiger partial charge in [-0.2, -0.15) is 0 Å².